The highest BCUT2D eigenvalue weighted by atomic mass is 32.2. The average molecular weight is 304 g/mol. The molecule has 5 nitrogen and oxygen atoms in total. The predicted octanol–water partition coefficient (Wildman–Crippen LogP) is 1.87. The molecule has 0 aromatic carbocycles. The van der Waals surface area contributed by atoms with Gasteiger partial charge in [-0.15, -0.1) is 11.3 Å². The van der Waals surface area contributed by atoms with Crippen molar-refractivity contribution >= 4 is 27.3 Å². The lowest BCUT2D eigenvalue weighted by Gasteiger charge is -2.12. The second-order valence-electron chi connectivity index (χ2n) is 4.47. The van der Waals surface area contributed by atoms with Gasteiger partial charge < -0.3 is 5.32 Å². The van der Waals surface area contributed by atoms with Gasteiger partial charge in [0.05, 0.1) is 9.77 Å². The highest BCUT2D eigenvalue weighted by Gasteiger charge is 2.19. The maximum Gasteiger partial charge on any atom is 0.261 e. The Bertz CT molecular complexity index is 545. The van der Waals surface area contributed by atoms with Crippen LogP contribution in [-0.2, 0) is 10.0 Å². The van der Waals surface area contributed by atoms with Gasteiger partial charge in [-0.2, -0.15) is 0 Å². The highest BCUT2D eigenvalue weighted by Crippen LogP contribution is 2.24. The Morgan fingerprint density at radius 1 is 1.42 bits per heavy atom. The van der Waals surface area contributed by atoms with E-state index in [1.165, 1.54) is 6.07 Å². The van der Waals surface area contributed by atoms with E-state index in [-0.39, 0.29) is 10.8 Å². The Labute approximate surface area is 118 Å². The minimum Gasteiger partial charge on any atom is -0.351 e. The van der Waals surface area contributed by atoms with Crippen LogP contribution < -0.4 is 10.5 Å². The van der Waals surface area contributed by atoms with E-state index < -0.39 is 10.0 Å². The van der Waals surface area contributed by atoms with Gasteiger partial charge in [-0.25, -0.2) is 13.6 Å². The standard InChI is InChI=1S/C12H20N2O3S2/c1-4-9(5-2)7-14-12(15)10-6-11(8(3)18-10)19(13,16)17/h6,9H,4-5,7H2,1-3H3,(H,14,15)(H2,13,16,17). The summed E-state index contributed by atoms with van der Waals surface area (Å²) < 4.78 is 22.6. The van der Waals surface area contributed by atoms with Crippen molar-refractivity contribution < 1.29 is 13.2 Å². The first-order chi connectivity index (χ1) is 8.79. The lowest BCUT2D eigenvalue weighted by atomic mass is 10.0. The minimum atomic E-state index is -3.76. The van der Waals surface area contributed by atoms with Crippen molar-refractivity contribution in [3.8, 4) is 0 Å². The lowest BCUT2D eigenvalue weighted by Crippen LogP contribution is -2.28. The van der Waals surface area contributed by atoms with Gasteiger partial charge in [-0.1, -0.05) is 26.7 Å². The zero-order valence-corrected chi connectivity index (χ0v) is 13.0. The summed E-state index contributed by atoms with van der Waals surface area (Å²) in [7, 11) is -3.76. The van der Waals surface area contributed by atoms with Crippen LogP contribution in [0.25, 0.3) is 0 Å². The van der Waals surface area contributed by atoms with Gasteiger partial charge in [0.25, 0.3) is 5.91 Å². The van der Waals surface area contributed by atoms with E-state index in [0.717, 1.165) is 24.2 Å². The van der Waals surface area contributed by atoms with Crippen LogP contribution in [0.5, 0.6) is 0 Å². The van der Waals surface area contributed by atoms with E-state index in [1.54, 1.807) is 6.92 Å². The van der Waals surface area contributed by atoms with E-state index >= 15 is 0 Å². The van der Waals surface area contributed by atoms with Gasteiger partial charge >= 0.3 is 0 Å². The number of rotatable bonds is 6. The smallest absolute Gasteiger partial charge is 0.261 e. The molecular weight excluding hydrogens is 284 g/mol. The van der Waals surface area contributed by atoms with E-state index in [4.69, 9.17) is 5.14 Å². The number of hydrogen-bond donors (Lipinski definition) is 2. The number of thiophene rings is 1. The third-order valence-corrected chi connectivity index (χ3v) is 5.32. The molecular formula is C12H20N2O3S2. The topological polar surface area (TPSA) is 89.3 Å². The van der Waals surface area contributed by atoms with Crippen LogP contribution >= 0.6 is 11.3 Å². The SMILES string of the molecule is CCC(CC)CNC(=O)c1cc(S(N)(=O)=O)c(C)s1. The second kappa shape index (κ2) is 6.49. The summed E-state index contributed by atoms with van der Waals surface area (Å²) in [5, 5.41) is 7.91. The molecule has 0 saturated carbocycles. The van der Waals surface area contributed by atoms with Crippen molar-refractivity contribution in [3.63, 3.8) is 0 Å². The van der Waals surface area contributed by atoms with Crippen LogP contribution in [0, 0.1) is 12.8 Å². The first kappa shape index (κ1) is 16.1. The maximum atomic E-state index is 11.9. The van der Waals surface area contributed by atoms with Crippen LogP contribution in [0.2, 0.25) is 0 Å². The Morgan fingerprint density at radius 2 is 2.00 bits per heavy atom. The minimum absolute atomic E-state index is 0.0326. The van der Waals surface area contributed by atoms with Crippen LogP contribution in [0.4, 0.5) is 0 Å². The fourth-order valence-corrected chi connectivity index (χ4v) is 3.82. The monoisotopic (exact) mass is 304 g/mol. The largest absolute Gasteiger partial charge is 0.351 e. The van der Waals surface area contributed by atoms with Gasteiger partial charge in [0.1, 0.15) is 0 Å². The molecule has 7 heteroatoms. The van der Waals surface area contributed by atoms with E-state index in [9.17, 15) is 13.2 Å². The Balaban J connectivity index is 2.79. The number of carbonyl (C=O) groups excluding carboxylic acids is 1. The molecule has 0 fully saturated rings. The van der Waals surface area contributed by atoms with Crippen LogP contribution in [0.15, 0.2) is 11.0 Å². The number of primary sulfonamides is 1. The summed E-state index contributed by atoms with van der Waals surface area (Å²) in [6.07, 6.45) is 2.01. The molecule has 0 aliphatic rings. The normalized spacial score (nSPS) is 11.8. The van der Waals surface area contributed by atoms with Gasteiger partial charge in [0.15, 0.2) is 0 Å². The number of nitrogens with two attached hydrogens (primary N) is 1. The first-order valence-corrected chi connectivity index (χ1v) is 8.57. The van der Waals surface area contributed by atoms with Gasteiger partial charge in [-0.3, -0.25) is 4.79 Å². The first-order valence-electron chi connectivity index (χ1n) is 6.21. The van der Waals surface area contributed by atoms with Gasteiger partial charge in [0, 0.05) is 11.4 Å². The van der Waals surface area contributed by atoms with Crippen molar-refractivity contribution in [3.05, 3.63) is 15.8 Å². The van der Waals surface area contributed by atoms with E-state index in [2.05, 4.69) is 19.2 Å². The molecule has 0 radical (unpaired) electrons. The fraction of sp³-hybridized carbons (Fsp3) is 0.583. The molecule has 1 rings (SSSR count). The van der Waals surface area contributed by atoms with Gasteiger partial charge in [-0.05, 0) is 18.9 Å². The highest BCUT2D eigenvalue weighted by molar-refractivity contribution is 7.89. The average Bonchev–Trinajstić information content (AvgIpc) is 2.72. The summed E-state index contributed by atoms with van der Waals surface area (Å²) in [5.41, 5.74) is 0. The quantitative estimate of drug-likeness (QED) is 0.840. The van der Waals surface area contributed by atoms with Crippen molar-refractivity contribution in [2.75, 3.05) is 6.54 Å². The van der Waals surface area contributed by atoms with Crippen LogP contribution in [0.3, 0.4) is 0 Å². The molecule has 0 aliphatic heterocycles. The molecule has 0 spiro atoms. The van der Waals surface area contributed by atoms with E-state index in [1.807, 2.05) is 0 Å². The Morgan fingerprint density at radius 3 is 2.42 bits per heavy atom. The molecule has 1 amide bonds. The fourth-order valence-electron chi connectivity index (χ4n) is 1.76. The van der Waals surface area contributed by atoms with E-state index in [0.29, 0.717) is 22.2 Å². The Kier molecular flexibility index (Phi) is 5.51. The second-order valence-corrected chi connectivity index (χ2v) is 7.25. The van der Waals surface area contributed by atoms with Crippen molar-refractivity contribution in [2.24, 2.45) is 11.1 Å². The lowest BCUT2D eigenvalue weighted by molar-refractivity contribution is 0.0950. The third kappa shape index (κ3) is 4.29. The summed E-state index contributed by atoms with van der Waals surface area (Å²) in [6.45, 7) is 6.40. The van der Waals surface area contributed by atoms with Crippen molar-refractivity contribution in [2.45, 2.75) is 38.5 Å². The number of aryl methyl sites for hydroxylation is 1. The number of sulfonamides is 1. The zero-order chi connectivity index (χ0) is 14.6. The van der Waals surface area contributed by atoms with Gasteiger partial charge in [0.2, 0.25) is 10.0 Å². The van der Waals surface area contributed by atoms with Crippen LogP contribution in [0.1, 0.15) is 41.2 Å². The molecule has 1 aromatic heterocycles. The number of hydrogen-bond acceptors (Lipinski definition) is 4. The van der Waals surface area contributed by atoms with Crippen molar-refractivity contribution in [1.29, 1.82) is 0 Å². The summed E-state index contributed by atoms with van der Waals surface area (Å²) in [4.78, 5) is 12.9. The molecule has 108 valence electrons. The molecule has 1 heterocycles. The van der Waals surface area contributed by atoms with Crippen molar-refractivity contribution in [1.82, 2.24) is 5.32 Å². The summed E-state index contributed by atoms with van der Waals surface area (Å²) in [5.74, 6) is 0.206. The molecule has 0 aliphatic carbocycles. The number of nitrogens with one attached hydrogen (secondary N) is 1. The third-order valence-electron chi connectivity index (χ3n) is 3.11. The molecule has 0 saturated heterocycles. The molecule has 3 N–H and O–H groups in total. The summed E-state index contributed by atoms with van der Waals surface area (Å²) in [6, 6.07) is 1.34. The molecule has 0 atom stereocenters. The summed E-state index contributed by atoms with van der Waals surface area (Å²) >= 11 is 1.14. The molecule has 0 unspecified atom stereocenters. The van der Waals surface area contributed by atoms with Crippen LogP contribution in [-0.4, -0.2) is 20.9 Å². The number of amides is 1. The molecule has 19 heavy (non-hydrogen) atoms. The zero-order valence-electron chi connectivity index (χ0n) is 11.4. The maximum absolute atomic E-state index is 11.9. The molecule has 1 aromatic rings. The Hall–Kier alpha value is -0.920. The predicted molar refractivity (Wildman–Crippen MR) is 76.8 cm³/mol. The molecule has 0 bridgehead atoms. The number of carbonyl (C=O) groups is 1.